The maximum absolute atomic E-state index is 13.2. The fourth-order valence-corrected chi connectivity index (χ4v) is 5.13. The lowest BCUT2D eigenvalue weighted by Crippen LogP contribution is -2.45. The van der Waals surface area contributed by atoms with Gasteiger partial charge in [0.1, 0.15) is 0 Å². The molecule has 34 heavy (non-hydrogen) atoms. The van der Waals surface area contributed by atoms with Gasteiger partial charge in [-0.25, -0.2) is 8.42 Å². The largest absolute Gasteiger partial charge is 0.356 e. The minimum absolute atomic E-state index is 0.00643. The van der Waals surface area contributed by atoms with Gasteiger partial charge in [0.2, 0.25) is 5.91 Å². The molecule has 2 aromatic carbocycles. The summed E-state index contributed by atoms with van der Waals surface area (Å²) in [4.78, 5) is 27.6. The number of rotatable bonds is 8. The smallest absolute Gasteiger partial charge is 0.261 e. The standard InChI is InChI=1S/C26H35N3O4S/c1-18(2)12-13-27-25(30)22-8-6-14-29(17-22)26(31)21-7-5-9-23(16-21)28-34(32,33)24-11-10-19(3)20(4)15-24/h5,7,9-11,15-16,18,22,28H,6,8,12-14,17H2,1-4H3,(H,27,30)/t22-/m1/s1. The molecule has 0 aromatic heterocycles. The number of aryl methyl sites for hydroxylation is 2. The van der Waals surface area contributed by atoms with Gasteiger partial charge in [0, 0.05) is 30.9 Å². The molecule has 1 saturated heterocycles. The van der Waals surface area contributed by atoms with Crippen molar-refractivity contribution in [2.45, 2.75) is 51.9 Å². The molecule has 7 nitrogen and oxygen atoms in total. The first-order valence-corrected chi connectivity index (χ1v) is 13.3. The maximum atomic E-state index is 13.2. The number of hydrogen-bond donors (Lipinski definition) is 2. The zero-order valence-corrected chi connectivity index (χ0v) is 21.2. The van der Waals surface area contributed by atoms with Crippen molar-refractivity contribution in [3.05, 3.63) is 59.2 Å². The molecule has 2 N–H and O–H groups in total. The van der Waals surface area contributed by atoms with Crippen molar-refractivity contribution in [2.75, 3.05) is 24.4 Å². The van der Waals surface area contributed by atoms with Crippen LogP contribution in [-0.2, 0) is 14.8 Å². The first-order chi connectivity index (χ1) is 16.1. The van der Waals surface area contributed by atoms with Crippen LogP contribution in [0.2, 0.25) is 0 Å². The van der Waals surface area contributed by atoms with Gasteiger partial charge in [0.25, 0.3) is 15.9 Å². The Hall–Kier alpha value is -2.87. The van der Waals surface area contributed by atoms with E-state index in [0.717, 1.165) is 30.4 Å². The number of nitrogens with zero attached hydrogens (tertiary/aromatic N) is 1. The van der Waals surface area contributed by atoms with E-state index >= 15 is 0 Å². The first-order valence-electron chi connectivity index (χ1n) is 11.8. The van der Waals surface area contributed by atoms with Crippen LogP contribution in [-0.4, -0.2) is 44.8 Å². The Morgan fingerprint density at radius 3 is 2.56 bits per heavy atom. The summed E-state index contributed by atoms with van der Waals surface area (Å²) in [6.45, 7) is 9.60. The van der Waals surface area contributed by atoms with E-state index in [1.165, 1.54) is 0 Å². The third kappa shape index (κ3) is 6.59. The molecule has 3 rings (SSSR count). The number of benzene rings is 2. The third-order valence-corrected chi connectivity index (χ3v) is 7.63. The zero-order valence-electron chi connectivity index (χ0n) is 20.4. The van der Waals surface area contributed by atoms with E-state index in [2.05, 4.69) is 23.9 Å². The van der Waals surface area contributed by atoms with Gasteiger partial charge in [0.05, 0.1) is 10.8 Å². The van der Waals surface area contributed by atoms with Gasteiger partial charge in [-0.15, -0.1) is 0 Å². The Morgan fingerprint density at radius 1 is 1.09 bits per heavy atom. The van der Waals surface area contributed by atoms with Gasteiger partial charge in [-0.3, -0.25) is 14.3 Å². The summed E-state index contributed by atoms with van der Waals surface area (Å²) in [6, 6.07) is 11.5. The third-order valence-electron chi connectivity index (χ3n) is 6.25. The molecule has 0 aliphatic carbocycles. The van der Waals surface area contributed by atoms with Crippen LogP contribution in [0.5, 0.6) is 0 Å². The number of nitrogens with one attached hydrogen (secondary N) is 2. The summed E-state index contributed by atoms with van der Waals surface area (Å²) < 4.78 is 28.3. The SMILES string of the molecule is Cc1ccc(S(=O)(=O)Nc2cccc(C(=O)N3CCC[C@@H](C(=O)NCCC(C)C)C3)c2)cc1C. The lowest BCUT2D eigenvalue weighted by atomic mass is 9.96. The topological polar surface area (TPSA) is 95.6 Å². The van der Waals surface area contributed by atoms with Crippen LogP contribution in [0.15, 0.2) is 47.4 Å². The Labute approximate surface area is 203 Å². The molecule has 2 amide bonds. The van der Waals surface area contributed by atoms with Gasteiger partial charge >= 0.3 is 0 Å². The summed E-state index contributed by atoms with van der Waals surface area (Å²) in [5, 5.41) is 2.99. The lowest BCUT2D eigenvalue weighted by molar-refractivity contribution is -0.126. The molecule has 1 fully saturated rings. The number of likely N-dealkylation sites (tertiary alicyclic amines) is 1. The van der Waals surface area contributed by atoms with Crippen LogP contribution < -0.4 is 10.0 Å². The maximum Gasteiger partial charge on any atom is 0.261 e. The molecule has 0 spiro atoms. The zero-order chi connectivity index (χ0) is 24.9. The molecular formula is C26H35N3O4S. The molecule has 1 aliphatic rings. The Balaban J connectivity index is 1.68. The van der Waals surface area contributed by atoms with Crippen LogP contribution in [0, 0.1) is 25.7 Å². The number of anilines is 1. The quantitative estimate of drug-likeness (QED) is 0.588. The van der Waals surface area contributed by atoms with Crippen molar-refractivity contribution < 1.29 is 18.0 Å². The summed E-state index contributed by atoms with van der Waals surface area (Å²) >= 11 is 0. The van der Waals surface area contributed by atoms with Crippen molar-refractivity contribution in [3.8, 4) is 0 Å². The van der Waals surface area contributed by atoms with Gasteiger partial charge in [-0.2, -0.15) is 0 Å². The van der Waals surface area contributed by atoms with Crippen molar-refractivity contribution in [1.29, 1.82) is 0 Å². The summed E-state index contributed by atoms with van der Waals surface area (Å²) in [6.07, 6.45) is 2.44. The van der Waals surface area contributed by atoms with Crippen LogP contribution in [0.4, 0.5) is 5.69 Å². The fourth-order valence-electron chi connectivity index (χ4n) is 4.00. The number of hydrogen-bond acceptors (Lipinski definition) is 4. The number of carbonyl (C=O) groups excluding carboxylic acids is 2. The second-order valence-corrected chi connectivity index (χ2v) is 11.2. The molecular weight excluding hydrogens is 450 g/mol. The van der Waals surface area contributed by atoms with Crippen molar-refractivity contribution in [1.82, 2.24) is 10.2 Å². The molecule has 1 aliphatic heterocycles. The molecule has 1 atom stereocenters. The fraction of sp³-hybridized carbons (Fsp3) is 0.462. The lowest BCUT2D eigenvalue weighted by Gasteiger charge is -2.32. The molecule has 2 aromatic rings. The number of amides is 2. The van der Waals surface area contributed by atoms with E-state index in [1.807, 2.05) is 13.8 Å². The molecule has 184 valence electrons. The van der Waals surface area contributed by atoms with Crippen molar-refractivity contribution in [3.63, 3.8) is 0 Å². The Bertz CT molecular complexity index is 1140. The molecule has 1 heterocycles. The van der Waals surface area contributed by atoms with E-state index in [-0.39, 0.29) is 22.6 Å². The van der Waals surface area contributed by atoms with Crippen molar-refractivity contribution in [2.24, 2.45) is 11.8 Å². The van der Waals surface area contributed by atoms with E-state index in [1.54, 1.807) is 47.4 Å². The van der Waals surface area contributed by atoms with Crippen LogP contribution in [0.25, 0.3) is 0 Å². The van der Waals surface area contributed by atoms with Gasteiger partial charge in [0.15, 0.2) is 0 Å². The first kappa shape index (κ1) is 25.7. The highest BCUT2D eigenvalue weighted by molar-refractivity contribution is 7.92. The second kappa shape index (κ2) is 11.0. The molecule has 0 radical (unpaired) electrons. The molecule has 0 saturated carbocycles. The van der Waals surface area contributed by atoms with Crippen molar-refractivity contribution >= 4 is 27.5 Å². The monoisotopic (exact) mass is 485 g/mol. The van der Waals surface area contributed by atoms with Gasteiger partial charge in [-0.05, 0) is 80.5 Å². The van der Waals surface area contributed by atoms with E-state index in [0.29, 0.717) is 36.8 Å². The highest BCUT2D eigenvalue weighted by Crippen LogP contribution is 2.22. The van der Waals surface area contributed by atoms with E-state index in [9.17, 15) is 18.0 Å². The minimum Gasteiger partial charge on any atom is -0.356 e. The Morgan fingerprint density at radius 2 is 1.85 bits per heavy atom. The van der Waals surface area contributed by atoms with E-state index < -0.39 is 10.0 Å². The average Bonchev–Trinajstić information content (AvgIpc) is 2.80. The van der Waals surface area contributed by atoms with Crippen LogP contribution in [0.1, 0.15) is 54.6 Å². The van der Waals surface area contributed by atoms with E-state index in [4.69, 9.17) is 0 Å². The Kier molecular flexibility index (Phi) is 8.36. The number of sulfonamides is 1. The average molecular weight is 486 g/mol. The number of carbonyl (C=O) groups is 2. The molecule has 0 bridgehead atoms. The predicted octanol–water partition coefficient (Wildman–Crippen LogP) is 4.12. The molecule has 0 unspecified atom stereocenters. The molecule has 8 heteroatoms. The van der Waals surface area contributed by atoms with Crippen LogP contribution in [0.3, 0.4) is 0 Å². The highest BCUT2D eigenvalue weighted by Gasteiger charge is 2.29. The van der Waals surface area contributed by atoms with Crippen LogP contribution >= 0.6 is 0 Å². The predicted molar refractivity (Wildman–Crippen MR) is 134 cm³/mol. The summed E-state index contributed by atoms with van der Waals surface area (Å²) in [7, 11) is -3.78. The van der Waals surface area contributed by atoms with Gasteiger partial charge in [-0.1, -0.05) is 26.0 Å². The summed E-state index contributed by atoms with van der Waals surface area (Å²) in [5.74, 6) is 0.0840. The summed E-state index contributed by atoms with van der Waals surface area (Å²) in [5.41, 5.74) is 2.62. The highest BCUT2D eigenvalue weighted by atomic mass is 32.2. The minimum atomic E-state index is -3.78. The van der Waals surface area contributed by atoms with Gasteiger partial charge < -0.3 is 10.2 Å². The second-order valence-electron chi connectivity index (χ2n) is 9.50. The number of piperidine rings is 1. The normalized spacial score (nSPS) is 16.4.